The van der Waals surface area contributed by atoms with Crippen molar-refractivity contribution >= 4 is 19.8 Å². The van der Waals surface area contributed by atoms with Gasteiger partial charge in [-0.2, -0.15) is 0 Å². The molecule has 1 N–H and O–H groups in total. The maximum absolute atomic E-state index is 12.7. The third-order valence-corrected chi connectivity index (χ3v) is 11.4. The summed E-state index contributed by atoms with van der Waals surface area (Å²) in [6, 6.07) is 0. The maximum atomic E-state index is 12.7. The van der Waals surface area contributed by atoms with Gasteiger partial charge in [0.25, 0.3) is 0 Å². The van der Waals surface area contributed by atoms with Gasteiger partial charge in [0.05, 0.1) is 40.0 Å². The lowest BCUT2D eigenvalue weighted by molar-refractivity contribution is -0.870. The van der Waals surface area contributed by atoms with Gasteiger partial charge in [-0.1, -0.05) is 151 Å². The highest BCUT2D eigenvalue weighted by molar-refractivity contribution is 7.47. The molecule has 10 nitrogen and oxygen atoms in total. The normalized spacial score (nSPS) is 17.4. The minimum absolute atomic E-state index is 0.0135. The van der Waals surface area contributed by atoms with E-state index in [1.54, 1.807) is 0 Å². The molecule has 62 heavy (non-hydrogen) atoms. The minimum Gasteiger partial charge on any atom is -0.462 e. The van der Waals surface area contributed by atoms with E-state index in [0.717, 1.165) is 70.6 Å². The SMILES string of the molecule is CCCCCC/C=C\C/C=C\C/C=C\CCCCCCCCC(=O)OC[C@H](COP(=O)(O)OCC[N+](C)(C)C)OC(=O)CCC/C=C\C/C=C\C/C=C\CC1OC1CCCCC. The van der Waals surface area contributed by atoms with Crippen molar-refractivity contribution < 1.29 is 46.8 Å². The van der Waals surface area contributed by atoms with E-state index in [1.807, 2.05) is 27.2 Å². The quantitative estimate of drug-likeness (QED) is 0.0159. The Morgan fingerprint density at radius 2 is 1.10 bits per heavy atom. The van der Waals surface area contributed by atoms with Gasteiger partial charge in [0.2, 0.25) is 0 Å². The lowest BCUT2D eigenvalue weighted by atomic mass is 10.1. The van der Waals surface area contributed by atoms with E-state index in [1.165, 1.54) is 57.8 Å². The fourth-order valence-electron chi connectivity index (χ4n) is 6.46. The number of likely N-dealkylation sites (N-methyl/N-ethyl adjacent to an activating group) is 1. The average Bonchev–Trinajstić information content (AvgIpc) is 3.98. The molecule has 0 bridgehead atoms. The molecule has 0 radical (unpaired) electrons. The number of quaternary nitrogens is 1. The molecule has 1 saturated heterocycles. The van der Waals surface area contributed by atoms with Crippen molar-refractivity contribution in [2.75, 3.05) is 47.5 Å². The standard InChI is InChI=1S/C51H88NO9P/c1-6-8-10-11-12-13-14-15-16-17-18-19-20-21-22-23-27-30-33-37-41-50(53)57-45-47(46-59-62(55,56)58-44-43-52(3,4)5)60-51(54)42-38-34-31-28-25-24-26-29-32-36-40-49-48(61-49)39-35-9-7-2/h13-14,16-17,19-20,24,26,28,31-32,36,47-49H,6-12,15,18,21-23,25,27,29-30,33-35,37-46H2,1-5H3/p+1/b14-13-,17-16-,20-19-,26-24-,31-28-,36-32-/t47-,48?,49?/m1/s1. The zero-order chi connectivity index (χ0) is 45.4. The van der Waals surface area contributed by atoms with Gasteiger partial charge in [0, 0.05) is 12.8 Å². The van der Waals surface area contributed by atoms with Crippen LogP contribution >= 0.6 is 7.82 Å². The van der Waals surface area contributed by atoms with E-state index >= 15 is 0 Å². The monoisotopic (exact) mass is 891 g/mol. The van der Waals surface area contributed by atoms with Crippen LogP contribution in [0.2, 0.25) is 0 Å². The third kappa shape index (κ3) is 39.0. The predicted molar refractivity (Wildman–Crippen MR) is 256 cm³/mol. The molecule has 3 unspecified atom stereocenters. The number of nitrogens with zero attached hydrogens (tertiary/aromatic N) is 1. The molecule has 0 aromatic rings. The highest BCUT2D eigenvalue weighted by Crippen LogP contribution is 2.43. The van der Waals surface area contributed by atoms with Crippen molar-refractivity contribution in [1.29, 1.82) is 0 Å². The van der Waals surface area contributed by atoms with Crippen molar-refractivity contribution in [3.05, 3.63) is 72.9 Å². The van der Waals surface area contributed by atoms with E-state index in [2.05, 4.69) is 80.7 Å². The van der Waals surface area contributed by atoms with Crippen LogP contribution in [0.1, 0.15) is 174 Å². The molecule has 1 rings (SSSR count). The first-order chi connectivity index (χ1) is 30.0. The van der Waals surface area contributed by atoms with Gasteiger partial charge in [0.1, 0.15) is 19.8 Å². The molecule has 11 heteroatoms. The number of phosphoric ester groups is 1. The molecule has 1 aliphatic rings. The molecule has 0 spiro atoms. The first-order valence-electron chi connectivity index (χ1n) is 24.3. The first kappa shape index (κ1) is 57.4. The van der Waals surface area contributed by atoms with Gasteiger partial charge < -0.3 is 23.6 Å². The number of esters is 2. The van der Waals surface area contributed by atoms with Gasteiger partial charge in [0.15, 0.2) is 6.10 Å². The summed E-state index contributed by atoms with van der Waals surface area (Å²) < 4.78 is 40.1. The Kier molecular flexibility index (Phi) is 36.0. The first-order valence-corrected chi connectivity index (χ1v) is 25.8. The van der Waals surface area contributed by atoms with Gasteiger partial charge >= 0.3 is 19.8 Å². The molecule has 356 valence electrons. The van der Waals surface area contributed by atoms with Gasteiger partial charge in [-0.15, -0.1) is 0 Å². The molecule has 0 aliphatic carbocycles. The summed E-state index contributed by atoms with van der Waals surface area (Å²) >= 11 is 0. The molecule has 0 saturated carbocycles. The van der Waals surface area contributed by atoms with E-state index in [4.69, 9.17) is 23.3 Å². The van der Waals surface area contributed by atoms with E-state index in [0.29, 0.717) is 42.5 Å². The lowest BCUT2D eigenvalue weighted by Gasteiger charge is -2.24. The zero-order valence-electron chi connectivity index (χ0n) is 39.8. The number of unbranched alkanes of at least 4 members (excludes halogenated alkanes) is 13. The number of hydrogen-bond acceptors (Lipinski definition) is 8. The molecular formula is C51H89NO9P+. The summed E-state index contributed by atoms with van der Waals surface area (Å²) in [5.74, 6) is -0.888. The van der Waals surface area contributed by atoms with Crippen LogP contribution < -0.4 is 0 Å². The van der Waals surface area contributed by atoms with Crippen molar-refractivity contribution in [2.24, 2.45) is 0 Å². The third-order valence-electron chi connectivity index (χ3n) is 10.4. The molecule has 4 atom stereocenters. The Morgan fingerprint density at radius 1 is 0.597 bits per heavy atom. The van der Waals surface area contributed by atoms with Crippen molar-refractivity contribution in [2.45, 2.75) is 193 Å². The second kappa shape index (κ2) is 38.8. The molecule has 1 heterocycles. The summed E-state index contributed by atoms with van der Waals surface area (Å²) in [7, 11) is 1.42. The second-order valence-electron chi connectivity index (χ2n) is 17.5. The van der Waals surface area contributed by atoms with E-state index in [-0.39, 0.29) is 26.1 Å². The molecular weight excluding hydrogens is 802 g/mol. The van der Waals surface area contributed by atoms with Crippen LogP contribution in [-0.2, 0) is 37.4 Å². The number of carbonyl (C=O) groups is 2. The smallest absolute Gasteiger partial charge is 0.462 e. The average molecular weight is 891 g/mol. The molecule has 0 aromatic carbocycles. The maximum Gasteiger partial charge on any atom is 0.472 e. The van der Waals surface area contributed by atoms with Crippen LogP contribution in [0.5, 0.6) is 0 Å². The van der Waals surface area contributed by atoms with Crippen LogP contribution in [0, 0.1) is 0 Å². The Balaban J connectivity index is 2.29. The van der Waals surface area contributed by atoms with Gasteiger partial charge in [-0.25, -0.2) is 4.57 Å². The van der Waals surface area contributed by atoms with Crippen LogP contribution in [0.3, 0.4) is 0 Å². The number of ether oxygens (including phenoxy) is 3. The van der Waals surface area contributed by atoms with Crippen LogP contribution in [0.4, 0.5) is 0 Å². The Bertz CT molecular complexity index is 1350. The van der Waals surface area contributed by atoms with Crippen LogP contribution in [-0.4, -0.2) is 87.1 Å². The highest BCUT2D eigenvalue weighted by Gasteiger charge is 2.36. The fraction of sp³-hybridized carbons (Fsp3) is 0.725. The Labute approximate surface area is 378 Å². The molecule has 0 amide bonds. The highest BCUT2D eigenvalue weighted by atomic mass is 31.2. The summed E-state index contributed by atoms with van der Waals surface area (Å²) in [5, 5.41) is 0. The summed E-state index contributed by atoms with van der Waals surface area (Å²) in [6.07, 6.45) is 51.3. The number of epoxide rings is 1. The number of rotatable bonds is 42. The van der Waals surface area contributed by atoms with Gasteiger partial charge in [-0.3, -0.25) is 18.6 Å². The lowest BCUT2D eigenvalue weighted by Crippen LogP contribution is -2.37. The molecule has 1 aliphatic heterocycles. The topological polar surface area (TPSA) is 121 Å². The zero-order valence-corrected chi connectivity index (χ0v) is 40.7. The number of phosphoric acid groups is 1. The molecule has 0 aromatic heterocycles. The predicted octanol–water partition coefficient (Wildman–Crippen LogP) is 13.2. The Morgan fingerprint density at radius 3 is 1.69 bits per heavy atom. The largest absolute Gasteiger partial charge is 0.472 e. The van der Waals surface area contributed by atoms with Crippen LogP contribution in [0.25, 0.3) is 0 Å². The van der Waals surface area contributed by atoms with E-state index < -0.39 is 32.5 Å². The summed E-state index contributed by atoms with van der Waals surface area (Å²) in [4.78, 5) is 35.5. The number of hydrogen-bond donors (Lipinski definition) is 1. The Hall–Kier alpha value is -2.59. The van der Waals surface area contributed by atoms with Crippen molar-refractivity contribution in [3.63, 3.8) is 0 Å². The van der Waals surface area contributed by atoms with Crippen LogP contribution in [0.15, 0.2) is 72.9 Å². The van der Waals surface area contributed by atoms with E-state index in [9.17, 15) is 19.0 Å². The van der Waals surface area contributed by atoms with Crippen molar-refractivity contribution in [3.8, 4) is 0 Å². The summed E-state index contributed by atoms with van der Waals surface area (Å²) in [5.41, 5.74) is 0. The second-order valence-corrected chi connectivity index (χ2v) is 19.0. The minimum atomic E-state index is -4.40. The molecule has 1 fully saturated rings. The fourth-order valence-corrected chi connectivity index (χ4v) is 7.20. The number of allylic oxidation sites excluding steroid dienone is 11. The number of carbonyl (C=O) groups excluding carboxylic acids is 2. The van der Waals surface area contributed by atoms with Gasteiger partial charge in [-0.05, 0) is 83.5 Å². The van der Waals surface area contributed by atoms with Crippen molar-refractivity contribution in [1.82, 2.24) is 0 Å². The summed E-state index contributed by atoms with van der Waals surface area (Å²) in [6.45, 7) is 4.28.